The Bertz CT molecular complexity index is 1020. The largest absolute Gasteiger partial charge is 0.357 e. The molecule has 160 valence electrons. The molecule has 3 aromatic rings. The molecule has 1 N–H and O–H groups in total. The Morgan fingerprint density at radius 1 is 0.871 bits per heavy atom. The molecule has 1 atom stereocenters. The fourth-order valence-corrected chi connectivity index (χ4v) is 3.41. The van der Waals surface area contributed by atoms with E-state index in [9.17, 15) is 18.4 Å². The molecule has 2 amide bonds. The number of nitrogens with one attached hydrogen (secondary N) is 1. The minimum atomic E-state index is -0.809. The summed E-state index contributed by atoms with van der Waals surface area (Å²) >= 11 is 0. The van der Waals surface area contributed by atoms with Crippen molar-refractivity contribution in [3.05, 3.63) is 107 Å². The van der Waals surface area contributed by atoms with E-state index in [4.69, 9.17) is 0 Å². The predicted octanol–water partition coefficient (Wildman–Crippen LogP) is 3.89. The van der Waals surface area contributed by atoms with Gasteiger partial charge in [-0.3, -0.25) is 9.59 Å². The van der Waals surface area contributed by atoms with Gasteiger partial charge in [0, 0.05) is 20.0 Å². The molecule has 0 saturated heterocycles. The third-order valence-electron chi connectivity index (χ3n) is 5.08. The third-order valence-corrected chi connectivity index (χ3v) is 5.08. The number of carbonyl (C=O) groups excluding carboxylic acids is 2. The van der Waals surface area contributed by atoms with Gasteiger partial charge in [0.2, 0.25) is 11.8 Å². The normalized spacial score (nSPS) is 11.6. The molecule has 0 spiro atoms. The Hall–Kier alpha value is -3.54. The summed E-state index contributed by atoms with van der Waals surface area (Å²) in [6.45, 7) is 0.0957. The van der Waals surface area contributed by atoms with Crippen LogP contribution in [0.1, 0.15) is 16.7 Å². The summed E-state index contributed by atoms with van der Waals surface area (Å²) in [6, 6.07) is 20.4. The van der Waals surface area contributed by atoms with Crippen molar-refractivity contribution in [1.82, 2.24) is 10.2 Å². The first-order chi connectivity index (χ1) is 15.0. The van der Waals surface area contributed by atoms with Crippen LogP contribution in [-0.4, -0.2) is 29.8 Å². The van der Waals surface area contributed by atoms with Crippen molar-refractivity contribution in [1.29, 1.82) is 0 Å². The average Bonchev–Trinajstić information content (AvgIpc) is 2.79. The zero-order valence-electron chi connectivity index (χ0n) is 17.2. The number of benzene rings is 3. The first-order valence-corrected chi connectivity index (χ1v) is 10.0. The highest BCUT2D eigenvalue weighted by Gasteiger charge is 2.30. The van der Waals surface area contributed by atoms with Crippen LogP contribution in [0.5, 0.6) is 0 Å². The topological polar surface area (TPSA) is 49.4 Å². The van der Waals surface area contributed by atoms with E-state index in [-0.39, 0.29) is 36.2 Å². The monoisotopic (exact) mass is 422 g/mol. The van der Waals surface area contributed by atoms with Crippen molar-refractivity contribution >= 4 is 11.8 Å². The van der Waals surface area contributed by atoms with Crippen LogP contribution in [0.25, 0.3) is 0 Å². The van der Waals surface area contributed by atoms with Crippen LogP contribution in [-0.2, 0) is 29.0 Å². The van der Waals surface area contributed by atoms with Gasteiger partial charge in [-0.15, -0.1) is 0 Å². The Balaban J connectivity index is 1.94. The van der Waals surface area contributed by atoms with Crippen LogP contribution >= 0.6 is 0 Å². The molecule has 0 aliphatic rings. The lowest BCUT2D eigenvalue weighted by atomic mass is 10.0. The number of hydrogen-bond donors (Lipinski definition) is 1. The molecule has 0 heterocycles. The molecule has 0 aromatic heterocycles. The van der Waals surface area contributed by atoms with Gasteiger partial charge in [-0.05, 0) is 34.9 Å². The minimum Gasteiger partial charge on any atom is -0.357 e. The summed E-state index contributed by atoms with van der Waals surface area (Å²) in [5.74, 6) is -1.58. The lowest BCUT2D eigenvalue weighted by Crippen LogP contribution is -2.50. The van der Waals surface area contributed by atoms with Crippen LogP contribution in [0.4, 0.5) is 8.78 Å². The van der Waals surface area contributed by atoms with Crippen molar-refractivity contribution in [2.24, 2.45) is 0 Å². The Morgan fingerprint density at radius 2 is 1.52 bits per heavy atom. The highest BCUT2D eigenvalue weighted by Crippen LogP contribution is 2.18. The molecule has 0 aliphatic carbocycles. The van der Waals surface area contributed by atoms with Gasteiger partial charge in [0.25, 0.3) is 0 Å². The number of rotatable bonds is 8. The number of halogens is 2. The second-order valence-corrected chi connectivity index (χ2v) is 7.24. The van der Waals surface area contributed by atoms with Gasteiger partial charge in [-0.25, -0.2) is 8.78 Å². The van der Waals surface area contributed by atoms with Gasteiger partial charge in [-0.2, -0.15) is 0 Å². The van der Waals surface area contributed by atoms with Crippen molar-refractivity contribution in [2.75, 3.05) is 7.05 Å². The molecule has 0 bridgehead atoms. The highest BCUT2D eigenvalue weighted by molar-refractivity contribution is 5.88. The quantitative estimate of drug-likeness (QED) is 0.599. The number of likely N-dealkylation sites (N-methyl/N-ethyl adjacent to an activating group) is 1. The van der Waals surface area contributed by atoms with E-state index < -0.39 is 11.9 Å². The van der Waals surface area contributed by atoms with Gasteiger partial charge in [0.15, 0.2) is 0 Å². The van der Waals surface area contributed by atoms with Crippen molar-refractivity contribution in [3.8, 4) is 0 Å². The SMILES string of the molecule is CNC(=O)[C@H](Cc1ccccc1)N(Cc1ccc(F)cc1)C(=O)Cc1ccccc1F. The van der Waals surface area contributed by atoms with Crippen molar-refractivity contribution in [2.45, 2.75) is 25.4 Å². The Morgan fingerprint density at radius 3 is 2.16 bits per heavy atom. The standard InChI is InChI=1S/C25H24F2N2O2/c1-28-25(31)23(15-18-7-3-2-4-8-18)29(17-19-11-13-21(26)14-12-19)24(30)16-20-9-5-6-10-22(20)27/h2-14,23H,15-17H2,1H3,(H,28,31)/t23-/m0/s1. The number of nitrogens with zero attached hydrogens (tertiary/aromatic N) is 1. The van der Waals surface area contributed by atoms with Crippen molar-refractivity contribution < 1.29 is 18.4 Å². The summed E-state index contributed by atoms with van der Waals surface area (Å²) in [5.41, 5.74) is 1.82. The van der Waals surface area contributed by atoms with Gasteiger partial charge >= 0.3 is 0 Å². The third kappa shape index (κ3) is 5.98. The zero-order valence-corrected chi connectivity index (χ0v) is 17.2. The molecule has 0 fully saturated rings. The lowest BCUT2D eigenvalue weighted by Gasteiger charge is -2.31. The molecule has 6 heteroatoms. The van der Waals surface area contributed by atoms with Crippen molar-refractivity contribution in [3.63, 3.8) is 0 Å². The summed E-state index contributed by atoms with van der Waals surface area (Å²) in [4.78, 5) is 27.5. The van der Waals surface area contributed by atoms with Crippen LogP contribution < -0.4 is 5.32 Å². The molecule has 3 rings (SSSR count). The Labute approximate surface area is 180 Å². The minimum absolute atomic E-state index is 0.0957. The van der Waals surface area contributed by atoms with E-state index in [0.29, 0.717) is 12.0 Å². The van der Waals surface area contributed by atoms with E-state index in [1.165, 1.54) is 30.1 Å². The predicted molar refractivity (Wildman–Crippen MR) is 115 cm³/mol. The van der Waals surface area contributed by atoms with Gasteiger partial charge in [-0.1, -0.05) is 60.7 Å². The van der Waals surface area contributed by atoms with E-state index in [0.717, 1.165) is 5.56 Å². The highest BCUT2D eigenvalue weighted by atomic mass is 19.1. The summed E-state index contributed by atoms with van der Waals surface area (Å²) in [6.07, 6.45) is 0.112. The molecule has 3 aromatic carbocycles. The van der Waals surface area contributed by atoms with E-state index >= 15 is 0 Å². The molecule has 0 aliphatic heterocycles. The molecular weight excluding hydrogens is 398 g/mol. The van der Waals surface area contributed by atoms with Crippen LogP contribution in [0, 0.1) is 11.6 Å². The molecular formula is C25H24F2N2O2. The van der Waals surface area contributed by atoms with Gasteiger partial charge in [0.05, 0.1) is 6.42 Å². The number of hydrogen-bond acceptors (Lipinski definition) is 2. The summed E-state index contributed by atoms with van der Waals surface area (Å²) in [7, 11) is 1.51. The van der Waals surface area contributed by atoms with E-state index in [1.54, 1.807) is 30.3 Å². The van der Waals surface area contributed by atoms with E-state index in [2.05, 4.69) is 5.32 Å². The molecule has 4 nitrogen and oxygen atoms in total. The van der Waals surface area contributed by atoms with Crippen LogP contribution in [0.3, 0.4) is 0 Å². The zero-order chi connectivity index (χ0) is 22.2. The molecule has 0 unspecified atom stereocenters. The number of carbonyl (C=O) groups is 2. The van der Waals surface area contributed by atoms with Crippen LogP contribution in [0.15, 0.2) is 78.9 Å². The summed E-state index contributed by atoms with van der Waals surface area (Å²) < 4.78 is 27.5. The van der Waals surface area contributed by atoms with E-state index in [1.807, 2.05) is 30.3 Å². The number of amides is 2. The molecule has 0 saturated carbocycles. The first kappa shape index (κ1) is 22.2. The van der Waals surface area contributed by atoms with Gasteiger partial charge in [0.1, 0.15) is 17.7 Å². The maximum Gasteiger partial charge on any atom is 0.242 e. The average molecular weight is 422 g/mol. The van der Waals surface area contributed by atoms with Crippen LogP contribution in [0.2, 0.25) is 0 Å². The Kier molecular flexibility index (Phi) is 7.49. The lowest BCUT2D eigenvalue weighted by molar-refractivity contribution is -0.140. The second kappa shape index (κ2) is 10.5. The van der Waals surface area contributed by atoms with Gasteiger partial charge < -0.3 is 10.2 Å². The fourth-order valence-electron chi connectivity index (χ4n) is 3.41. The first-order valence-electron chi connectivity index (χ1n) is 10.0. The molecule has 0 radical (unpaired) electrons. The smallest absolute Gasteiger partial charge is 0.242 e. The fraction of sp³-hybridized carbons (Fsp3) is 0.200. The second-order valence-electron chi connectivity index (χ2n) is 7.24. The molecule has 31 heavy (non-hydrogen) atoms. The summed E-state index contributed by atoms with van der Waals surface area (Å²) in [5, 5.41) is 2.62. The maximum absolute atomic E-state index is 14.2. The maximum atomic E-state index is 14.2.